The average molecular weight is 351 g/mol. The van der Waals surface area contributed by atoms with Crippen molar-refractivity contribution in [2.75, 3.05) is 18.0 Å². The summed E-state index contributed by atoms with van der Waals surface area (Å²) in [6.45, 7) is 4.11. The second-order valence-electron chi connectivity index (χ2n) is 6.37. The van der Waals surface area contributed by atoms with Crippen LogP contribution in [-0.2, 0) is 0 Å². The van der Waals surface area contributed by atoms with Gasteiger partial charge in [0.2, 0.25) is 0 Å². The van der Waals surface area contributed by atoms with Crippen molar-refractivity contribution in [1.82, 2.24) is 15.2 Å². The highest BCUT2D eigenvalue weighted by Crippen LogP contribution is 2.31. The summed E-state index contributed by atoms with van der Waals surface area (Å²) < 4.78 is 0. The van der Waals surface area contributed by atoms with E-state index >= 15 is 0 Å². The molecule has 0 radical (unpaired) electrons. The van der Waals surface area contributed by atoms with Gasteiger partial charge in [-0.05, 0) is 44.0 Å². The Kier molecular flexibility index (Phi) is 4.36. The second kappa shape index (κ2) is 6.81. The van der Waals surface area contributed by atoms with Gasteiger partial charge in [0, 0.05) is 29.2 Å². The zero-order valence-corrected chi connectivity index (χ0v) is 14.9. The smallest absolute Gasteiger partial charge is 0.183 e. The molecule has 0 bridgehead atoms. The van der Waals surface area contributed by atoms with Crippen molar-refractivity contribution in [2.45, 2.75) is 19.8 Å². The minimum atomic E-state index is 0.634. The molecule has 0 saturated carbocycles. The van der Waals surface area contributed by atoms with Crippen molar-refractivity contribution in [3.05, 3.63) is 59.1 Å². The molecule has 0 amide bonds. The molecule has 1 aliphatic rings. The fourth-order valence-electron chi connectivity index (χ4n) is 3.09. The third-order valence-corrected chi connectivity index (χ3v) is 4.75. The fraction of sp³-hybridized carbons (Fsp3) is 0.250. The fourth-order valence-corrected chi connectivity index (χ4v) is 3.21. The summed E-state index contributed by atoms with van der Waals surface area (Å²) >= 11 is 5.99. The third-order valence-electron chi connectivity index (χ3n) is 4.50. The molecule has 4 rings (SSSR count). The van der Waals surface area contributed by atoms with Gasteiger partial charge in [0.05, 0.1) is 0 Å². The van der Waals surface area contributed by atoms with Crippen molar-refractivity contribution in [3.63, 3.8) is 0 Å². The Balaban J connectivity index is 1.81. The molecule has 0 spiro atoms. The Morgan fingerprint density at radius 1 is 0.840 bits per heavy atom. The van der Waals surface area contributed by atoms with E-state index in [1.165, 1.54) is 18.4 Å². The lowest BCUT2D eigenvalue weighted by molar-refractivity contribution is 0.896. The maximum Gasteiger partial charge on any atom is 0.183 e. The third kappa shape index (κ3) is 3.35. The predicted octanol–water partition coefficient (Wildman–Crippen LogP) is 4.77. The van der Waals surface area contributed by atoms with Gasteiger partial charge < -0.3 is 4.90 Å². The number of aromatic nitrogens is 3. The van der Waals surface area contributed by atoms with Crippen molar-refractivity contribution >= 4 is 17.4 Å². The molecule has 1 fully saturated rings. The Hall–Kier alpha value is -2.46. The van der Waals surface area contributed by atoms with E-state index in [1.807, 2.05) is 24.3 Å². The Morgan fingerprint density at radius 3 is 2.16 bits per heavy atom. The molecule has 25 heavy (non-hydrogen) atoms. The molecule has 5 heteroatoms. The highest BCUT2D eigenvalue weighted by Gasteiger charge is 2.21. The largest absolute Gasteiger partial charge is 0.355 e. The monoisotopic (exact) mass is 350 g/mol. The number of nitrogens with zero attached hydrogens (tertiary/aromatic N) is 4. The van der Waals surface area contributed by atoms with Gasteiger partial charge in [-0.2, -0.15) is 0 Å². The SMILES string of the molecule is Cc1ccc(-c2nnc(-c3ccc(Cl)cc3)nc2N2CCCC2)cc1. The van der Waals surface area contributed by atoms with Gasteiger partial charge in [-0.3, -0.25) is 0 Å². The summed E-state index contributed by atoms with van der Waals surface area (Å²) in [4.78, 5) is 7.17. The standard InChI is InChI=1S/C20H19ClN4/c1-14-4-6-15(7-5-14)18-20(25-12-2-3-13-25)22-19(24-23-18)16-8-10-17(21)11-9-16/h4-11H,2-3,12-13H2,1H3. The molecule has 126 valence electrons. The highest BCUT2D eigenvalue weighted by atomic mass is 35.5. The minimum Gasteiger partial charge on any atom is -0.355 e. The van der Waals surface area contributed by atoms with Gasteiger partial charge in [0.25, 0.3) is 0 Å². The first-order chi connectivity index (χ1) is 12.2. The first kappa shape index (κ1) is 16.0. The lowest BCUT2D eigenvalue weighted by Crippen LogP contribution is -2.21. The Morgan fingerprint density at radius 2 is 1.48 bits per heavy atom. The molecule has 4 nitrogen and oxygen atoms in total. The van der Waals surface area contributed by atoms with Crippen LogP contribution in [0.15, 0.2) is 48.5 Å². The lowest BCUT2D eigenvalue weighted by Gasteiger charge is -2.19. The van der Waals surface area contributed by atoms with Crippen LogP contribution < -0.4 is 4.90 Å². The number of aryl methyl sites for hydroxylation is 1. The van der Waals surface area contributed by atoms with Gasteiger partial charge in [0.1, 0.15) is 5.69 Å². The topological polar surface area (TPSA) is 41.9 Å². The summed E-state index contributed by atoms with van der Waals surface area (Å²) in [6, 6.07) is 15.9. The van der Waals surface area contributed by atoms with Crippen molar-refractivity contribution in [3.8, 4) is 22.6 Å². The maximum atomic E-state index is 5.99. The number of benzene rings is 2. The van der Waals surface area contributed by atoms with Crippen molar-refractivity contribution in [1.29, 1.82) is 0 Å². The van der Waals surface area contributed by atoms with Gasteiger partial charge >= 0.3 is 0 Å². The van der Waals surface area contributed by atoms with Gasteiger partial charge in [-0.1, -0.05) is 41.4 Å². The quantitative estimate of drug-likeness (QED) is 0.682. The van der Waals surface area contributed by atoms with E-state index < -0.39 is 0 Å². The molecule has 1 aromatic heterocycles. The summed E-state index contributed by atoms with van der Waals surface area (Å²) in [5, 5.41) is 9.62. The summed E-state index contributed by atoms with van der Waals surface area (Å²) in [7, 11) is 0. The lowest BCUT2D eigenvalue weighted by atomic mass is 10.1. The van der Waals surface area contributed by atoms with E-state index in [1.54, 1.807) is 0 Å². The van der Waals surface area contributed by atoms with Crippen LogP contribution >= 0.6 is 11.6 Å². The Labute approximate surface area is 152 Å². The minimum absolute atomic E-state index is 0.634. The highest BCUT2D eigenvalue weighted by molar-refractivity contribution is 6.30. The second-order valence-corrected chi connectivity index (χ2v) is 6.81. The first-order valence-corrected chi connectivity index (χ1v) is 8.91. The molecule has 0 atom stereocenters. The van der Waals surface area contributed by atoms with E-state index in [0.29, 0.717) is 10.8 Å². The molecule has 0 aliphatic carbocycles. The first-order valence-electron chi connectivity index (χ1n) is 8.53. The van der Waals surface area contributed by atoms with Crippen LogP contribution in [0.3, 0.4) is 0 Å². The van der Waals surface area contributed by atoms with Crippen molar-refractivity contribution in [2.24, 2.45) is 0 Å². The summed E-state index contributed by atoms with van der Waals surface area (Å²) in [5.74, 6) is 1.55. The van der Waals surface area contributed by atoms with Crippen LogP contribution in [0.1, 0.15) is 18.4 Å². The number of hydrogen-bond donors (Lipinski definition) is 0. The average Bonchev–Trinajstić information content (AvgIpc) is 3.17. The molecule has 1 aliphatic heterocycles. The molecular formula is C20H19ClN4. The Bertz CT molecular complexity index is 869. The maximum absolute atomic E-state index is 5.99. The number of halogens is 1. The van der Waals surface area contributed by atoms with Crippen LogP contribution in [0.4, 0.5) is 5.82 Å². The van der Waals surface area contributed by atoms with Crippen LogP contribution in [0, 0.1) is 6.92 Å². The number of hydrogen-bond acceptors (Lipinski definition) is 4. The molecule has 3 aromatic rings. The van der Waals surface area contributed by atoms with E-state index in [4.69, 9.17) is 16.6 Å². The summed E-state index contributed by atoms with van der Waals surface area (Å²) in [6.07, 6.45) is 2.38. The van der Waals surface area contributed by atoms with Crippen LogP contribution in [-0.4, -0.2) is 28.3 Å². The number of anilines is 1. The van der Waals surface area contributed by atoms with Gasteiger partial charge in [-0.25, -0.2) is 4.98 Å². The van der Waals surface area contributed by atoms with E-state index in [9.17, 15) is 0 Å². The zero-order valence-electron chi connectivity index (χ0n) is 14.1. The molecule has 0 N–H and O–H groups in total. The van der Waals surface area contributed by atoms with E-state index in [0.717, 1.165) is 35.7 Å². The summed E-state index contributed by atoms with van der Waals surface area (Å²) in [5.41, 5.74) is 4.05. The molecule has 0 unspecified atom stereocenters. The molecular weight excluding hydrogens is 332 g/mol. The van der Waals surface area contributed by atoms with E-state index in [2.05, 4.69) is 46.3 Å². The zero-order chi connectivity index (χ0) is 17.2. The normalized spacial score (nSPS) is 14.1. The van der Waals surface area contributed by atoms with Crippen molar-refractivity contribution < 1.29 is 0 Å². The van der Waals surface area contributed by atoms with Gasteiger partial charge in [0.15, 0.2) is 11.6 Å². The van der Waals surface area contributed by atoms with Crippen LogP contribution in [0.2, 0.25) is 5.02 Å². The molecule has 2 aromatic carbocycles. The van der Waals surface area contributed by atoms with Gasteiger partial charge in [-0.15, -0.1) is 10.2 Å². The molecule has 2 heterocycles. The van der Waals surface area contributed by atoms with Crippen LogP contribution in [0.25, 0.3) is 22.6 Å². The predicted molar refractivity (Wildman–Crippen MR) is 102 cm³/mol. The molecule has 1 saturated heterocycles. The number of rotatable bonds is 3. The van der Waals surface area contributed by atoms with E-state index in [-0.39, 0.29) is 0 Å². The van der Waals surface area contributed by atoms with Crippen LogP contribution in [0.5, 0.6) is 0 Å².